The number of carboxylic acids is 1. The van der Waals surface area contributed by atoms with Crippen molar-refractivity contribution in [2.45, 2.75) is 43.9 Å². The lowest BCUT2D eigenvalue weighted by Gasteiger charge is -2.14. The lowest BCUT2D eigenvalue weighted by molar-refractivity contribution is -0.149. The summed E-state index contributed by atoms with van der Waals surface area (Å²) in [4.78, 5) is 33.3. The maximum atomic E-state index is 11.7. The maximum Gasteiger partial charge on any atom is 0.332 e. The molecule has 0 aromatic carbocycles. The van der Waals surface area contributed by atoms with E-state index in [9.17, 15) is 14.4 Å². The van der Waals surface area contributed by atoms with Gasteiger partial charge in [0.05, 0.1) is 6.10 Å². The van der Waals surface area contributed by atoms with Gasteiger partial charge in [-0.3, -0.25) is 9.59 Å². The quantitative estimate of drug-likeness (QED) is 0.599. The summed E-state index contributed by atoms with van der Waals surface area (Å²) in [5.74, 6) is -1.31. The van der Waals surface area contributed by atoms with Crippen molar-refractivity contribution >= 4 is 17.8 Å². The van der Waals surface area contributed by atoms with Crippen LogP contribution in [0.25, 0.3) is 0 Å². The number of amides is 2. The molecule has 2 heterocycles. The normalized spacial score (nSPS) is 31.1. The van der Waals surface area contributed by atoms with Crippen LogP contribution in [0.1, 0.15) is 25.7 Å². The topological polar surface area (TPSA) is 105 Å². The number of carbonyl (C=O) groups excluding carboxylic acids is 2. The molecule has 2 aliphatic heterocycles. The Bertz CT molecular complexity index is 370. The molecule has 7 heteroatoms. The van der Waals surface area contributed by atoms with E-state index in [1.165, 1.54) is 0 Å². The van der Waals surface area contributed by atoms with Crippen LogP contribution >= 0.6 is 0 Å². The van der Waals surface area contributed by atoms with Crippen molar-refractivity contribution in [3.63, 3.8) is 0 Å². The molecule has 100 valence electrons. The average molecular weight is 256 g/mol. The van der Waals surface area contributed by atoms with Crippen molar-refractivity contribution in [3.8, 4) is 0 Å². The van der Waals surface area contributed by atoms with Crippen LogP contribution in [0.15, 0.2) is 0 Å². The number of carbonyl (C=O) groups is 3. The summed E-state index contributed by atoms with van der Waals surface area (Å²) in [7, 11) is 0. The molecule has 0 bridgehead atoms. The summed E-state index contributed by atoms with van der Waals surface area (Å²) in [6.45, 7) is 0.287. The zero-order valence-corrected chi connectivity index (χ0v) is 9.85. The van der Waals surface area contributed by atoms with E-state index >= 15 is 0 Å². The van der Waals surface area contributed by atoms with Gasteiger partial charge in [-0.25, -0.2) is 4.79 Å². The summed E-state index contributed by atoms with van der Waals surface area (Å²) >= 11 is 0. The molecular formula is C11H16N2O5. The van der Waals surface area contributed by atoms with E-state index in [4.69, 9.17) is 9.84 Å². The molecule has 0 spiro atoms. The molecule has 0 aromatic rings. The number of hydrogen-bond donors (Lipinski definition) is 3. The predicted molar refractivity (Wildman–Crippen MR) is 59.7 cm³/mol. The number of aliphatic carboxylic acids is 1. The Morgan fingerprint density at radius 1 is 1.39 bits per heavy atom. The van der Waals surface area contributed by atoms with Crippen LogP contribution in [0, 0.1) is 0 Å². The molecule has 2 amide bonds. The van der Waals surface area contributed by atoms with E-state index in [-0.39, 0.29) is 24.5 Å². The van der Waals surface area contributed by atoms with Crippen molar-refractivity contribution in [1.29, 1.82) is 0 Å². The summed E-state index contributed by atoms with van der Waals surface area (Å²) in [6.07, 6.45) is 0.947. The van der Waals surface area contributed by atoms with Crippen LogP contribution in [0.5, 0.6) is 0 Å². The molecule has 3 N–H and O–H groups in total. The van der Waals surface area contributed by atoms with E-state index in [1.807, 2.05) is 0 Å². The highest BCUT2D eigenvalue weighted by Gasteiger charge is 2.32. The van der Waals surface area contributed by atoms with Gasteiger partial charge in [-0.05, 0) is 19.3 Å². The van der Waals surface area contributed by atoms with Gasteiger partial charge in [0.25, 0.3) is 0 Å². The first-order valence-corrected chi connectivity index (χ1v) is 6.01. The van der Waals surface area contributed by atoms with Crippen molar-refractivity contribution in [3.05, 3.63) is 0 Å². The van der Waals surface area contributed by atoms with E-state index in [1.54, 1.807) is 0 Å². The van der Waals surface area contributed by atoms with Crippen molar-refractivity contribution in [2.24, 2.45) is 0 Å². The molecule has 3 atom stereocenters. The fourth-order valence-electron chi connectivity index (χ4n) is 2.19. The first kappa shape index (κ1) is 12.8. The van der Waals surface area contributed by atoms with Gasteiger partial charge < -0.3 is 20.5 Å². The number of ether oxygens (including phenoxy) is 1. The average Bonchev–Trinajstić information content (AvgIpc) is 2.94. The summed E-state index contributed by atoms with van der Waals surface area (Å²) in [5.41, 5.74) is 0. The number of nitrogens with one attached hydrogen (secondary N) is 2. The monoisotopic (exact) mass is 256 g/mol. The molecule has 7 nitrogen and oxygen atoms in total. The molecule has 0 saturated carbocycles. The third-order valence-electron chi connectivity index (χ3n) is 3.20. The molecule has 0 aromatic heterocycles. The standard InChI is InChI=1S/C11H16N2O5/c14-9-4-2-7(13-9)10(15)12-5-6-1-3-8(18-6)11(16)17/h6-8H,1-5H2,(H,12,15)(H,13,14)(H,16,17)/t6?,7-,8?/m1/s1. The van der Waals surface area contributed by atoms with Crippen LogP contribution < -0.4 is 10.6 Å². The molecule has 0 radical (unpaired) electrons. The number of hydrogen-bond acceptors (Lipinski definition) is 4. The minimum absolute atomic E-state index is 0.113. The smallest absolute Gasteiger partial charge is 0.332 e. The highest BCUT2D eigenvalue weighted by Crippen LogP contribution is 2.19. The van der Waals surface area contributed by atoms with Gasteiger partial charge in [0.2, 0.25) is 11.8 Å². The Morgan fingerprint density at radius 2 is 2.17 bits per heavy atom. The Balaban J connectivity index is 1.71. The Kier molecular flexibility index (Phi) is 3.81. The Labute approximate surface area is 104 Å². The van der Waals surface area contributed by atoms with Crippen LogP contribution in [0.4, 0.5) is 0 Å². The SMILES string of the molecule is O=C1CC[C@H](C(=O)NCC2CCC(C(=O)O)O2)N1. The molecule has 0 aliphatic carbocycles. The largest absolute Gasteiger partial charge is 0.479 e. The molecule has 2 unspecified atom stereocenters. The molecule has 2 fully saturated rings. The van der Waals surface area contributed by atoms with Crippen LogP contribution in [0.2, 0.25) is 0 Å². The van der Waals surface area contributed by atoms with Gasteiger partial charge in [-0.2, -0.15) is 0 Å². The van der Waals surface area contributed by atoms with Gasteiger partial charge in [-0.15, -0.1) is 0 Å². The van der Waals surface area contributed by atoms with Gasteiger partial charge in [0.15, 0.2) is 6.10 Å². The number of carboxylic acid groups (broad SMARTS) is 1. The van der Waals surface area contributed by atoms with E-state index in [2.05, 4.69) is 10.6 Å². The third-order valence-corrected chi connectivity index (χ3v) is 3.20. The predicted octanol–water partition coefficient (Wildman–Crippen LogP) is -0.987. The number of rotatable bonds is 4. The first-order chi connectivity index (χ1) is 8.56. The zero-order chi connectivity index (χ0) is 13.1. The van der Waals surface area contributed by atoms with Crippen LogP contribution in [0.3, 0.4) is 0 Å². The van der Waals surface area contributed by atoms with E-state index in [0.29, 0.717) is 25.7 Å². The summed E-state index contributed by atoms with van der Waals surface area (Å²) < 4.78 is 5.26. The van der Waals surface area contributed by atoms with Crippen LogP contribution in [-0.2, 0) is 19.1 Å². The maximum absolute atomic E-state index is 11.7. The lowest BCUT2D eigenvalue weighted by Crippen LogP contribution is -2.44. The lowest BCUT2D eigenvalue weighted by atomic mass is 10.2. The molecule has 2 aliphatic rings. The second-order valence-electron chi connectivity index (χ2n) is 4.57. The van der Waals surface area contributed by atoms with Crippen molar-refractivity contribution in [1.82, 2.24) is 10.6 Å². The molecule has 2 rings (SSSR count). The van der Waals surface area contributed by atoms with E-state index in [0.717, 1.165) is 0 Å². The van der Waals surface area contributed by atoms with Gasteiger partial charge in [0.1, 0.15) is 6.04 Å². The third kappa shape index (κ3) is 2.98. The summed E-state index contributed by atoms with van der Waals surface area (Å²) in [6, 6.07) is -0.464. The highest BCUT2D eigenvalue weighted by molar-refractivity contribution is 5.90. The highest BCUT2D eigenvalue weighted by atomic mass is 16.5. The fraction of sp³-hybridized carbons (Fsp3) is 0.727. The van der Waals surface area contributed by atoms with Crippen molar-refractivity contribution < 1.29 is 24.2 Å². The molecule has 2 saturated heterocycles. The van der Waals surface area contributed by atoms with Crippen molar-refractivity contribution in [2.75, 3.05) is 6.54 Å². The second kappa shape index (κ2) is 5.34. The van der Waals surface area contributed by atoms with Gasteiger partial charge in [0, 0.05) is 13.0 Å². The minimum atomic E-state index is -0.966. The Hall–Kier alpha value is -1.63. The minimum Gasteiger partial charge on any atom is -0.479 e. The zero-order valence-electron chi connectivity index (χ0n) is 9.85. The second-order valence-corrected chi connectivity index (χ2v) is 4.57. The van der Waals surface area contributed by atoms with Crippen LogP contribution in [-0.4, -0.2) is 47.7 Å². The first-order valence-electron chi connectivity index (χ1n) is 6.01. The fourth-order valence-corrected chi connectivity index (χ4v) is 2.19. The summed E-state index contributed by atoms with van der Waals surface area (Å²) in [5, 5.41) is 14.0. The van der Waals surface area contributed by atoms with Gasteiger partial charge >= 0.3 is 5.97 Å². The van der Waals surface area contributed by atoms with Gasteiger partial charge in [-0.1, -0.05) is 0 Å². The van der Waals surface area contributed by atoms with E-state index < -0.39 is 18.1 Å². The molecular weight excluding hydrogens is 240 g/mol. The molecule has 18 heavy (non-hydrogen) atoms. The Morgan fingerprint density at radius 3 is 2.72 bits per heavy atom.